The number of rotatable bonds is 6. The minimum atomic E-state index is -0.985. The molecule has 0 aliphatic carbocycles. The van der Waals surface area contributed by atoms with Gasteiger partial charge in [-0.1, -0.05) is 30.1 Å². The second kappa shape index (κ2) is 7.36. The van der Waals surface area contributed by atoms with E-state index in [0.29, 0.717) is 6.42 Å². The van der Waals surface area contributed by atoms with Crippen LogP contribution in [0.4, 0.5) is 0 Å². The number of hydrogen-bond donors (Lipinski definition) is 2. The molecule has 0 aromatic heterocycles. The predicted molar refractivity (Wildman–Crippen MR) is 76.8 cm³/mol. The van der Waals surface area contributed by atoms with Crippen LogP contribution in [0.25, 0.3) is 0 Å². The number of carboxylic acids is 1. The molecule has 1 unspecified atom stereocenters. The highest BCUT2D eigenvalue weighted by Crippen LogP contribution is 2.33. The van der Waals surface area contributed by atoms with Gasteiger partial charge in [0.05, 0.1) is 23.6 Å². The summed E-state index contributed by atoms with van der Waals surface area (Å²) < 4.78 is 5.08. The number of ether oxygens (including phenoxy) is 1. The SMILES string of the molecule is CCC(CC(=O)O)NC(=O)c1c(Cl)ccc(Cl)c1OC. The standard InChI is InChI=1S/C13H15Cl2NO4/c1-3-7(6-10(17)18)16-13(19)11-8(14)4-5-9(15)12(11)20-2/h4-5,7H,3,6H2,1-2H3,(H,16,19)(H,17,18). The fraction of sp³-hybridized carbons (Fsp3) is 0.385. The van der Waals surface area contributed by atoms with Crippen molar-refractivity contribution in [1.29, 1.82) is 0 Å². The molecule has 0 saturated carbocycles. The molecule has 1 rings (SSSR count). The minimum absolute atomic E-state index is 0.102. The van der Waals surface area contributed by atoms with Crippen molar-refractivity contribution in [3.05, 3.63) is 27.7 Å². The van der Waals surface area contributed by atoms with Crippen molar-refractivity contribution in [2.24, 2.45) is 0 Å². The van der Waals surface area contributed by atoms with E-state index in [1.165, 1.54) is 19.2 Å². The molecule has 7 heteroatoms. The minimum Gasteiger partial charge on any atom is -0.494 e. The van der Waals surface area contributed by atoms with E-state index in [2.05, 4.69) is 5.32 Å². The number of carbonyl (C=O) groups excluding carboxylic acids is 1. The van der Waals surface area contributed by atoms with Crippen LogP contribution in [0.3, 0.4) is 0 Å². The maximum Gasteiger partial charge on any atom is 0.305 e. The molecular weight excluding hydrogens is 305 g/mol. The molecule has 110 valence electrons. The van der Waals surface area contributed by atoms with Crippen LogP contribution >= 0.6 is 23.2 Å². The normalized spacial score (nSPS) is 11.8. The average Bonchev–Trinajstić information content (AvgIpc) is 2.39. The predicted octanol–water partition coefficient (Wildman–Crippen LogP) is 2.99. The fourth-order valence-electron chi connectivity index (χ4n) is 1.71. The Hall–Kier alpha value is -1.46. The van der Waals surface area contributed by atoms with E-state index >= 15 is 0 Å². The van der Waals surface area contributed by atoms with Crippen LogP contribution in [0.2, 0.25) is 10.0 Å². The topological polar surface area (TPSA) is 75.6 Å². The Morgan fingerprint density at radius 2 is 1.95 bits per heavy atom. The highest BCUT2D eigenvalue weighted by molar-refractivity contribution is 6.37. The molecule has 5 nitrogen and oxygen atoms in total. The number of benzene rings is 1. The van der Waals surface area contributed by atoms with Crippen LogP contribution in [0.5, 0.6) is 5.75 Å². The molecule has 1 aromatic rings. The van der Waals surface area contributed by atoms with E-state index in [-0.39, 0.29) is 27.8 Å². The molecular formula is C13H15Cl2NO4. The van der Waals surface area contributed by atoms with Crippen LogP contribution in [0.15, 0.2) is 12.1 Å². The van der Waals surface area contributed by atoms with Crippen molar-refractivity contribution < 1.29 is 19.4 Å². The van der Waals surface area contributed by atoms with E-state index in [4.69, 9.17) is 33.0 Å². The Morgan fingerprint density at radius 3 is 2.45 bits per heavy atom. The summed E-state index contributed by atoms with van der Waals surface area (Å²) in [5, 5.41) is 11.8. The van der Waals surface area contributed by atoms with Gasteiger partial charge in [-0.15, -0.1) is 0 Å². The molecule has 0 aliphatic heterocycles. The number of nitrogens with one attached hydrogen (secondary N) is 1. The van der Waals surface area contributed by atoms with Gasteiger partial charge in [0.2, 0.25) is 0 Å². The molecule has 0 aliphatic rings. The first-order chi connectivity index (χ1) is 9.40. The van der Waals surface area contributed by atoms with E-state index in [1.54, 1.807) is 6.92 Å². The molecule has 0 bridgehead atoms. The van der Waals surface area contributed by atoms with Gasteiger partial charge in [0, 0.05) is 6.04 Å². The maximum atomic E-state index is 12.2. The van der Waals surface area contributed by atoms with Gasteiger partial charge in [0.25, 0.3) is 5.91 Å². The Bertz CT molecular complexity index is 519. The number of methoxy groups -OCH3 is 1. The summed E-state index contributed by atoms with van der Waals surface area (Å²) in [4.78, 5) is 22.9. The quantitative estimate of drug-likeness (QED) is 0.845. The van der Waals surface area contributed by atoms with Crippen molar-refractivity contribution in [2.75, 3.05) is 7.11 Å². The lowest BCUT2D eigenvalue weighted by molar-refractivity contribution is -0.137. The molecule has 0 spiro atoms. The Labute approximate surface area is 126 Å². The number of hydrogen-bond acceptors (Lipinski definition) is 3. The third kappa shape index (κ3) is 4.02. The van der Waals surface area contributed by atoms with Crippen LogP contribution in [0, 0.1) is 0 Å². The third-order valence-electron chi connectivity index (χ3n) is 2.74. The van der Waals surface area contributed by atoms with E-state index in [9.17, 15) is 9.59 Å². The Kier molecular flexibility index (Phi) is 6.10. The summed E-state index contributed by atoms with van der Waals surface area (Å²) in [5.41, 5.74) is 0.102. The smallest absolute Gasteiger partial charge is 0.305 e. The molecule has 0 radical (unpaired) electrons. The van der Waals surface area contributed by atoms with E-state index in [1.807, 2.05) is 0 Å². The number of halogens is 2. The lowest BCUT2D eigenvalue weighted by atomic mass is 10.1. The monoisotopic (exact) mass is 319 g/mol. The van der Waals surface area contributed by atoms with E-state index < -0.39 is 17.9 Å². The fourth-order valence-corrected chi connectivity index (χ4v) is 2.18. The van der Waals surface area contributed by atoms with Crippen LogP contribution < -0.4 is 10.1 Å². The molecule has 1 amide bonds. The maximum absolute atomic E-state index is 12.2. The van der Waals surface area contributed by atoms with Crippen molar-refractivity contribution in [2.45, 2.75) is 25.8 Å². The number of carbonyl (C=O) groups is 2. The summed E-state index contributed by atoms with van der Waals surface area (Å²) in [7, 11) is 1.38. The van der Waals surface area contributed by atoms with Crippen LogP contribution in [-0.2, 0) is 4.79 Å². The van der Waals surface area contributed by atoms with Gasteiger partial charge in [0.1, 0.15) is 5.56 Å². The van der Waals surface area contributed by atoms with Crippen molar-refractivity contribution in [1.82, 2.24) is 5.32 Å². The molecule has 2 N–H and O–H groups in total. The first-order valence-corrected chi connectivity index (χ1v) is 6.70. The first-order valence-electron chi connectivity index (χ1n) is 5.95. The highest BCUT2D eigenvalue weighted by atomic mass is 35.5. The molecule has 0 heterocycles. The van der Waals surface area contributed by atoms with Crippen LogP contribution in [0.1, 0.15) is 30.1 Å². The van der Waals surface area contributed by atoms with Crippen molar-refractivity contribution >= 4 is 35.1 Å². The van der Waals surface area contributed by atoms with Gasteiger partial charge < -0.3 is 15.2 Å². The van der Waals surface area contributed by atoms with Gasteiger partial charge in [-0.3, -0.25) is 9.59 Å². The first kappa shape index (κ1) is 16.6. The third-order valence-corrected chi connectivity index (χ3v) is 3.35. The summed E-state index contributed by atoms with van der Waals surface area (Å²) in [6.45, 7) is 1.78. The highest BCUT2D eigenvalue weighted by Gasteiger charge is 2.22. The lowest BCUT2D eigenvalue weighted by Gasteiger charge is -2.17. The van der Waals surface area contributed by atoms with Gasteiger partial charge >= 0.3 is 5.97 Å². The van der Waals surface area contributed by atoms with Crippen molar-refractivity contribution in [3.63, 3.8) is 0 Å². The average molecular weight is 320 g/mol. The largest absolute Gasteiger partial charge is 0.494 e. The summed E-state index contributed by atoms with van der Waals surface area (Å²) >= 11 is 11.9. The molecule has 1 aromatic carbocycles. The second-order valence-electron chi connectivity index (χ2n) is 4.11. The summed E-state index contributed by atoms with van der Waals surface area (Å²) in [6.07, 6.45) is 0.321. The number of carboxylic acid groups (broad SMARTS) is 1. The Morgan fingerprint density at radius 1 is 1.35 bits per heavy atom. The van der Waals surface area contributed by atoms with Gasteiger partial charge in [-0.25, -0.2) is 0 Å². The zero-order valence-electron chi connectivity index (χ0n) is 11.1. The molecule has 1 atom stereocenters. The summed E-state index contributed by atoms with van der Waals surface area (Å²) in [5.74, 6) is -1.33. The van der Waals surface area contributed by atoms with E-state index in [0.717, 1.165) is 0 Å². The lowest BCUT2D eigenvalue weighted by Crippen LogP contribution is -2.36. The van der Waals surface area contributed by atoms with Crippen LogP contribution in [-0.4, -0.2) is 30.1 Å². The molecule has 0 saturated heterocycles. The van der Waals surface area contributed by atoms with Crippen molar-refractivity contribution in [3.8, 4) is 5.75 Å². The second-order valence-corrected chi connectivity index (χ2v) is 4.93. The van der Waals surface area contributed by atoms with Gasteiger partial charge in [-0.2, -0.15) is 0 Å². The zero-order valence-corrected chi connectivity index (χ0v) is 12.6. The van der Waals surface area contributed by atoms with Gasteiger partial charge in [-0.05, 0) is 18.6 Å². The Balaban J connectivity index is 3.03. The zero-order chi connectivity index (χ0) is 15.3. The molecule has 20 heavy (non-hydrogen) atoms. The number of amides is 1. The molecule has 0 fully saturated rings. The summed E-state index contributed by atoms with van der Waals surface area (Å²) in [6, 6.07) is 2.52. The number of aliphatic carboxylic acids is 1. The van der Waals surface area contributed by atoms with Gasteiger partial charge in [0.15, 0.2) is 5.75 Å².